The van der Waals surface area contributed by atoms with Crippen molar-refractivity contribution in [3.8, 4) is 0 Å². The molecule has 0 spiro atoms. The van der Waals surface area contributed by atoms with Crippen molar-refractivity contribution < 1.29 is 44.9 Å². The van der Waals surface area contributed by atoms with Crippen molar-refractivity contribution in [3.05, 3.63) is 0 Å². The van der Waals surface area contributed by atoms with E-state index in [1.165, 1.54) is 13.3 Å². The van der Waals surface area contributed by atoms with E-state index in [2.05, 4.69) is 6.92 Å². The zero-order chi connectivity index (χ0) is 10.3. The molecule has 0 amide bonds. The fraction of sp³-hybridized carbons (Fsp3) is 0.889. The molecule has 80 valence electrons. The summed E-state index contributed by atoms with van der Waals surface area (Å²) in [6, 6.07) is 0. The normalized spacial score (nSPS) is 10.8. The van der Waals surface area contributed by atoms with Gasteiger partial charge in [-0.05, 0) is 6.42 Å². The second kappa shape index (κ2) is 9.11. The summed E-state index contributed by atoms with van der Waals surface area (Å²) in [7, 11) is -2.48. The molecule has 0 unspecified atom stereocenters. The minimum atomic E-state index is -2.48. The van der Waals surface area contributed by atoms with E-state index in [9.17, 15) is 9.36 Å². The number of ketones is 1. The molecule has 0 aromatic rings. The molecular weight excluding hydrogens is 210 g/mol. The summed E-state index contributed by atoms with van der Waals surface area (Å²) >= 11 is 0. The fourth-order valence-electron chi connectivity index (χ4n) is 0.872. The number of hydrogen-bond donors (Lipinski definition) is 0. The van der Waals surface area contributed by atoms with Gasteiger partial charge in [-0.25, -0.2) is 0 Å². The average molecular weight is 230 g/mol. The van der Waals surface area contributed by atoms with Crippen LogP contribution >= 0.6 is 7.37 Å². The summed E-state index contributed by atoms with van der Waals surface area (Å²) in [6.45, 7) is 5.14. The molecular formula is C9H20NaO3P. The van der Waals surface area contributed by atoms with Crippen molar-refractivity contribution in [2.45, 2.75) is 32.6 Å². The molecule has 0 saturated carbocycles. The van der Waals surface area contributed by atoms with Gasteiger partial charge >= 0.3 is 29.6 Å². The first kappa shape index (κ1) is 17.3. The quantitative estimate of drug-likeness (QED) is 0.346. The van der Waals surface area contributed by atoms with Gasteiger partial charge in [-0.1, -0.05) is 19.8 Å². The molecule has 3 nitrogen and oxygen atoms in total. The number of carbonyl (C=O) groups excluding carboxylic acids is 1. The molecule has 0 N–H and O–H groups in total. The maximum absolute atomic E-state index is 11.1. The number of rotatable bonds is 7. The number of carbonyl (C=O) groups is 1. The monoisotopic (exact) mass is 230 g/mol. The van der Waals surface area contributed by atoms with Gasteiger partial charge in [0.15, 0.2) is 13.2 Å². The Bertz CT molecular complexity index is 206. The molecule has 0 aliphatic rings. The molecule has 14 heavy (non-hydrogen) atoms. The van der Waals surface area contributed by atoms with Crippen molar-refractivity contribution >= 4 is 13.2 Å². The van der Waals surface area contributed by atoms with Crippen molar-refractivity contribution in [1.29, 1.82) is 0 Å². The third-order valence-corrected chi connectivity index (χ3v) is 2.35. The van der Waals surface area contributed by atoms with E-state index in [4.69, 9.17) is 4.52 Å². The molecule has 0 rings (SSSR count). The van der Waals surface area contributed by atoms with Gasteiger partial charge in [0.2, 0.25) is 0 Å². The summed E-state index contributed by atoms with van der Waals surface area (Å²) < 4.78 is 16.0. The fourth-order valence-corrected chi connectivity index (χ4v) is 1.33. The molecule has 0 radical (unpaired) electrons. The van der Waals surface area contributed by atoms with Crippen molar-refractivity contribution in [2.24, 2.45) is 0 Å². The Kier molecular flexibility index (Phi) is 11.2. The predicted molar refractivity (Wildman–Crippen MR) is 55.7 cm³/mol. The maximum Gasteiger partial charge on any atom is 1.00 e. The van der Waals surface area contributed by atoms with Crippen LogP contribution in [0.1, 0.15) is 34.0 Å². The Labute approximate surface area is 110 Å². The van der Waals surface area contributed by atoms with Gasteiger partial charge in [-0.15, -0.1) is 0 Å². The number of hydrogen-bond acceptors (Lipinski definition) is 3. The van der Waals surface area contributed by atoms with Crippen molar-refractivity contribution in [1.82, 2.24) is 0 Å². The van der Waals surface area contributed by atoms with Gasteiger partial charge in [-0.3, -0.25) is 9.36 Å². The van der Waals surface area contributed by atoms with Crippen LogP contribution in [0.5, 0.6) is 0 Å². The topological polar surface area (TPSA) is 43.4 Å². The molecule has 0 aliphatic heterocycles. The smallest absolute Gasteiger partial charge is 1.00 e. The van der Waals surface area contributed by atoms with E-state index >= 15 is 0 Å². The van der Waals surface area contributed by atoms with Gasteiger partial charge in [0.05, 0.1) is 0 Å². The summed E-state index contributed by atoms with van der Waals surface area (Å²) in [4.78, 5) is 11.1. The Hall–Kier alpha value is 0.860. The molecule has 5 heteroatoms. The van der Waals surface area contributed by atoms with Gasteiger partial charge < -0.3 is 5.95 Å². The van der Waals surface area contributed by atoms with Crippen LogP contribution in [0.4, 0.5) is 0 Å². The van der Waals surface area contributed by atoms with E-state index in [-0.39, 0.29) is 43.4 Å². The number of unbranched alkanes of at least 4 members (excludes halogenated alkanes) is 2. The Morgan fingerprint density at radius 2 is 1.93 bits per heavy atom. The largest absolute Gasteiger partial charge is 1.00 e. The first-order chi connectivity index (χ1) is 5.95. The maximum atomic E-state index is 11.1. The minimum Gasteiger partial charge on any atom is -1.00 e. The summed E-state index contributed by atoms with van der Waals surface area (Å²) in [5.74, 6) is 0.0531. The van der Waals surface area contributed by atoms with Gasteiger partial charge in [0.25, 0.3) is 0 Å². The first-order valence-corrected chi connectivity index (χ1v) is 7.19. The predicted octanol–water partition coefficient (Wildman–Crippen LogP) is -0.193. The molecule has 0 atom stereocenters. The van der Waals surface area contributed by atoms with Crippen molar-refractivity contribution in [3.63, 3.8) is 0 Å². The van der Waals surface area contributed by atoms with E-state index in [0.717, 1.165) is 19.3 Å². The summed E-state index contributed by atoms with van der Waals surface area (Å²) in [5.41, 5.74) is 0. The van der Waals surface area contributed by atoms with E-state index in [1.807, 2.05) is 0 Å². The molecule has 0 heterocycles. The SMILES string of the molecule is CCCCCC(=O)COP(C)(C)=O.[H-].[Na+]. The van der Waals surface area contributed by atoms with E-state index in [1.54, 1.807) is 0 Å². The zero-order valence-electron chi connectivity index (χ0n) is 10.7. The van der Waals surface area contributed by atoms with Crippen LogP contribution in [-0.4, -0.2) is 25.7 Å². The molecule has 0 saturated heterocycles. The molecule has 0 aromatic carbocycles. The molecule has 0 fully saturated rings. The van der Waals surface area contributed by atoms with E-state index in [0.29, 0.717) is 6.42 Å². The number of Topliss-reactive ketones (excluding diaryl/α,β-unsaturated/α-hetero) is 1. The minimum absolute atomic E-state index is 0. The van der Waals surface area contributed by atoms with Crippen LogP contribution in [0.3, 0.4) is 0 Å². The Morgan fingerprint density at radius 1 is 1.36 bits per heavy atom. The van der Waals surface area contributed by atoms with Crippen LogP contribution in [0.2, 0.25) is 0 Å². The zero-order valence-corrected chi connectivity index (χ0v) is 12.6. The second-order valence-electron chi connectivity index (χ2n) is 3.52. The van der Waals surface area contributed by atoms with Crippen LogP contribution in [0, 0.1) is 0 Å². The summed E-state index contributed by atoms with van der Waals surface area (Å²) in [6.07, 6.45) is 3.64. The van der Waals surface area contributed by atoms with Crippen LogP contribution in [0.15, 0.2) is 0 Å². The van der Waals surface area contributed by atoms with Crippen LogP contribution < -0.4 is 29.6 Å². The molecule has 0 aliphatic carbocycles. The van der Waals surface area contributed by atoms with Crippen molar-refractivity contribution in [2.75, 3.05) is 19.9 Å². The summed E-state index contributed by atoms with van der Waals surface area (Å²) in [5, 5.41) is 0. The average Bonchev–Trinajstić information content (AvgIpc) is 2.00. The van der Waals surface area contributed by atoms with E-state index < -0.39 is 7.37 Å². The Balaban J connectivity index is -0.000000720. The van der Waals surface area contributed by atoms with Gasteiger partial charge in [0.1, 0.15) is 6.61 Å². The van der Waals surface area contributed by atoms with Gasteiger partial charge in [-0.2, -0.15) is 0 Å². The second-order valence-corrected chi connectivity index (χ2v) is 6.28. The third-order valence-electron chi connectivity index (χ3n) is 1.60. The van der Waals surface area contributed by atoms with Crippen LogP contribution in [-0.2, 0) is 13.9 Å². The van der Waals surface area contributed by atoms with Gasteiger partial charge in [0, 0.05) is 19.8 Å². The standard InChI is InChI=1S/C9H19O3P.Na.H/c1-4-5-6-7-9(10)8-12-13(2,3)11;;/h4-8H2,1-3H3;;/q;+1;-1. The third kappa shape index (κ3) is 12.9. The first-order valence-electron chi connectivity index (χ1n) is 4.67. The Morgan fingerprint density at radius 3 is 2.36 bits per heavy atom. The molecule has 0 bridgehead atoms. The molecule has 0 aromatic heterocycles. The van der Waals surface area contributed by atoms with Crippen LogP contribution in [0.25, 0.3) is 0 Å².